The van der Waals surface area contributed by atoms with Crippen LogP contribution in [0.5, 0.6) is 11.5 Å². The highest BCUT2D eigenvalue weighted by Gasteiger charge is 2.15. The van der Waals surface area contributed by atoms with Crippen LogP contribution in [-0.4, -0.2) is 17.6 Å². The largest absolute Gasteiger partial charge is 0.494 e. The van der Waals surface area contributed by atoms with Gasteiger partial charge < -0.3 is 9.47 Å². The third-order valence-electron chi connectivity index (χ3n) is 3.96. The van der Waals surface area contributed by atoms with Crippen molar-refractivity contribution in [2.45, 2.75) is 33.6 Å². The van der Waals surface area contributed by atoms with Crippen LogP contribution in [0.4, 0.5) is 0 Å². The van der Waals surface area contributed by atoms with Crippen molar-refractivity contribution in [2.75, 3.05) is 17.6 Å². The molecule has 0 unspecified atom stereocenters. The molecule has 2 aromatic carbocycles. The van der Waals surface area contributed by atoms with Crippen LogP contribution in [0, 0.1) is 13.8 Å². The third kappa shape index (κ3) is 4.40. The summed E-state index contributed by atoms with van der Waals surface area (Å²) in [6, 6.07) is 13.1. The van der Waals surface area contributed by atoms with Crippen molar-refractivity contribution in [2.24, 2.45) is 0 Å². The zero-order valence-electron chi connectivity index (χ0n) is 14.4. The number of alkyl halides is 1. The summed E-state index contributed by atoms with van der Waals surface area (Å²) in [5.74, 6) is 2.34. The molecule has 0 amide bonds. The molecular formula is C20H25IO2. The van der Waals surface area contributed by atoms with Gasteiger partial charge in [0.2, 0.25) is 0 Å². The minimum atomic E-state index is 0.388. The molecule has 0 aliphatic heterocycles. The lowest BCUT2D eigenvalue weighted by Crippen LogP contribution is -2.05. The normalized spacial score (nSPS) is 10.9. The van der Waals surface area contributed by atoms with Gasteiger partial charge in [0.1, 0.15) is 11.5 Å². The van der Waals surface area contributed by atoms with Crippen LogP contribution in [0.2, 0.25) is 0 Å². The Balaban J connectivity index is 2.32. The Labute approximate surface area is 153 Å². The maximum atomic E-state index is 5.65. The number of aryl methyl sites for hydroxylation is 2. The quantitative estimate of drug-likeness (QED) is 0.421. The van der Waals surface area contributed by atoms with Crippen molar-refractivity contribution >= 4 is 22.6 Å². The number of benzene rings is 2. The summed E-state index contributed by atoms with van der Waals surface area (Å²) in [5.41, 5.74) is 5.07. The first-order valence-electron chi connectivity index (χ1n) is 8.13. The molecule has 0 saturated carbocycles. The molecule has 3 heteroatoms. The van der Waals surface area contributed by atoms with Gasteiger partial charge in [-0.2, -0.15) is 0 Å². The zero-order valence-corrected chi connectivity index (χ0v) is 16.5. The molecule has 0 heterocycles. The van der Waals surface area contributed by atoms with Crippen LogP contribution in [0.1, 0.15) is 42.0 Å². The summed E-state index contributed by atoms with van der Waals surface area (Å²) >= 11 is 2.47. The Morgan fingerprint density at radius 1 is 0.826 bits per heavy atom. The smallest absolute Gasteiger partial charge is 0.122 e. The average molecular weight is 424 g/mol. The third-order valence-corrected chi connectivity index (χ3v) is 4.84. The van der Waals surface area contributed by atoms with Crippen LogP contribution < -0.4 is 9.47 Å². The van der Waals surface area contributed by atoms with E-state index in [1.807, 2.05) is 13.8 Å². The number of hydrogen-bond acceptors (Lipinski definition) is 2. The van der Waals surface area contributed by atoms with Crippen molar-refractivity contribution in [1.82, 2.24) is 0 Å². The Morgan fingerprint density at radius 2 is 1.26 bits per heavy atom. The van der Waals surface area contributed by atoms with E-state index in [0.717, 1.165) is 15.9 Å². The Kier molecular flexibility index (Phi) is 6.75. The van der Waals surface area contributed by atoms with Crippen molar-refractivity contribution in [1.29, 1.82) is 0 Å². The van der Waals surface area contributed by atoms with E-state index in [1.165, 1.54) is 22.3 Å². The van der Waals surface area contributed by atoms with Crippen molar-refractivity contribution in [3.05, 3.63) is 58.7 Å². The Bertz CT molecular complexity index is 597. The molecule has 0 radical (unpaired) electrons. The first kappa shape index (κ1) is 18.1. The monoisotopic (exact) mass is 424 g/mol. The molecule has 0 aliphatic rings. The van der Waals surface area contributed by atoms with Gasteiger partial charge >= 0.3 is 0 Å². The lowest BCUT2D eigenvalue weighted by atomic mass is 9.91. The Hall–Kier alpha value is -1.23. The molecule has 2 aromatic rings. The fraction of sp³-hybridized carbons (Fsp3) is 0.400. The average Bonchev–Trinajstić information content (AvgIpc) is 2.53. The number of ether oxygens (including phenoxy) is 2. The van der Waals surface area contributed by atoms with E-state index < -0.39 is 0 Å². The lowest BCUT2D eigenvalue weighted by Gasteiger charge is -2.19. The van der Waals surface area contributed by atoms with Crippen molar-refractivity contribution in [3.8, 4) is 11.5 Å². The second-order valence-electron chi connectivity index (χ2n) is 5.62. The first-order valence-corrected chi connectivity index (χ1v) is 9.65. The van der Waals surface area contributed by atoms with Crippen molar-refractivity contribution in [3.63, 3.8) is 0 Å². The molecule has 0 spiro atoms. The highest BCUT2D eigenvalue weighted by molar-refractivity contribution is 14.1. The number of hydrogen-bond donors (Lipinski definition) is 0. The summed E-state index contributed by atoms with van der Waals surface area (Å²) in [6.45, 7) is 9.67. The maximum Gasteiger partial charge on any atom is 0.122 e. The highest BCUT2D eigenvalue weighted by Crippen LogP contribution is 2.32. The van der Waals surface area contributed by atoms with Gasteiger partial charge in [0.15, 0.2) is 0 Å². The summed E-state index contributed by atoms with van der Waals surface area (Å²) in [7, 11) is 0. The summed E-state index contributed by atoms with van der Waals surface area (Å²) in [4.78, 5) is 0. The molecule has 23 heavy (non-hydrogen) atoms. The number of rotatable bonds is 7. The molecule has 0 atom stereocenters. The predicted octanol–water partition coefficient (Wildman–Crippen LogP) is 5.67. The van der Waals surface area contributed by atoms with Crippen LogP contribution in [0.3, 0.4) is 0 Å². The highest BCUT2D eigenvalue weighted by atomic mass is 127. The van der Waals surface area contributed by atoms with Crippen molar-refractivity contribution < 1.29 is 9.47 Å². The van der Waals surface area contributed by atoms with E-state index in [4.69, 9.17) is 9.47 Å². The molecule has 0 bridgehead atoms. The van der Waals surface area contributed by atoms with E-state index in [9.17, 15) is 0 Å². The number of halogens is 1. The van der Waals surface area contributed by atoms with Gasteiger partial charge in [-0.05, 0) is 62.1 Å². The predicted molar refractivity (Wildman–Crippen MR) is 105 cm³/mol. The maximum absolute atomic E-state index is 5.65. The van der Waals surface area contributed by atoms with Crippen LogP contribution in [0.15, 0.2) is 36.4 Å². The minimum Gasteiger partial charge on any atom is -0.494 e. The fourth-order valence-corrected chi connectivity index (χ4v) is 3.80. The molecule has 2 nitrogen and oxygen atoms in total. The SMILES string of the molecule is CCOc1ccc(C(CI)c2ccc(OCC)c(C)c2)cc1C. The van der Waals surface area contributed by atoms with Gasteiger partial charge in [-0.15, -0.1) is 0 Å². The topological polar surface area (TPSA) is 18.5 Å². The van der Waals surface area contributed by atoms with Crippen LogP contribution >= 0.6 is 22.6 Å². The summed E-state index contributed by atoms with van der Waals surface area (Å²) < 4.78 is 12.3. The first-order chi connectivity index (χ1) is 11.1. The molecule has 0 aromatic heterocycles. The summed E-state index contributed by atoms with van der Waals surface area (Å²) in [5, 5.41) is 0. The van der Waals surface area contributed by atoms with Gasteiger partial charge in [-0.3, -0.25) is 0 Å². The van der Waals surface area contributed by atoms with E-state index >= 15 is 0 Å². The van der Waals surface area contributed by atoms with Gasteiger partial charge in [0.05, 0.1) is 13.2 Å². The molecule has 0 N–H and O–H groups in total. The van der Waals surface area contributed by atoms with Crippen LogP contribution in [0.25, 0.3) is 0 Å². The Morgan fingerprint density at radius 3 is 1.57 bits per heavy atom. The molecule has 2 rings (SSSR count). The van der Waals surface area contributed by atoms with E-state index in [2.05, 4.69) is 72.8 Å². The van der Waals surface area contributed by atoms with E-state index in [-0.39, 0.29) is 0 Å². The second kappa shape index (κ2) is 8.57. The van der Waals surface area contributed by atoms with Crippen LogP contribution in [-0.2, 0) is 0 Å². The summed E-state index contributed by atoms with van der Waals surface area (Å²) in [6.07, 6.45) is 0. The van der Waals surface area contributed by atoms with Gasteiger partial charge in [0, 0.05) is 10.3 Å². The molecule has 0 saturated heterocycles. The van der Waals surface area contributed by atoms with E-state index in [0.29, 0.717) is 19.1 Å². The van der Waals surface area contributed by atoms with E-state index in [1.54, 1.807) is 0 Å². The van der Waals surface area contributed by atoms with Gasteiger partial charge in [-0.25, -0.2) is 0 Å². The minimum absolute atomic E-state index is 0.388. The molecule has 0 fully saturated rings. The molecule has 0 aliphatic carbocycles. The van der Waals surface area contributed by atoms with Gasteiger partial charge in [0.25, 0.3) is 0 Å². The standard InChI is InChI=1S/C20H25IO2/c1-5-22-19-9-7-16(11-14(19)3)18(13-21)17-8-10-20(23-6-2)15(4)12-17/h7-12,18H,5-6,13H2,1-4H3. The lowest BCUT2D eigenvalue weighted by molar-refractivity contribution is 0.338. The molecule has 124 valence electrons. The van der Waals surface area contributed by atoms with Gasteiger partial charge in [-0.1, -0.05) is 46.9 Å². The second-order valence-corrected chi connectivity index (χ2v) is 6.50. The zero-order chi connectivity index (χ0) is 16.8. The fourth-order valence-electron chi connectivity index (χ4n) is 2.78. The molecular weight excluding hydrogens is 399 g/mol.